The van der Waals surface area contributed by atoms with Gasteiger partial charge in [0.25, 0.3) is 0 Å². The highest BCUT2D eigenvalue weighted by Crippen LogP contribution is 2.49. The molecule has 5 heteroatoms. The lowest BCUT2D eigenvalue weighted by Gasteiger charge is -2.37. The average molecular weight is 499 g/mol. The summed E-state index contributed by atoms with van der Waals surface area (Å²) in [5, 5.41) is 2.34. The van der Waals surface area contributed by atoms with Gasteiger partial charge in [0.2, 0.25) is 0 Å². The molecule has 0 unspecified atom stereocenters. The number of halogens is 1. The molecule has 4 aromatic carbocycles. The molecule has 4 nitrogen and oxygen atoms in total. The van der Waals surface area contributed by atoms with Crippen molar-refractivity contribution in [1.82, 2.24) is 0 Å². The summed E-state index contributed by atoms with van der Waals surface area (Å²) in [6, 6.07) is 25.8. The summed E-state index contributed by atoms with van der Waals surface area (Å²) in [4.78, 5) is 27.5. The first-order valence-electron chi connectivity index (χ1n) is 12.2. The Balaban J connectivity index is 1.93. The molecule has 0 bridgehead atoms. The van der Waals surface area contributed by atoms with E-state index in [-0.39, 0.29) is 19.6 Å². The van der Waals surface area contributed by atoms with Crippen molar-refractivity contribution in [2.75, 3.05) is 13.2 Å². The van der Waals surface area contributed by atoms with Crippen LogP contribution in [0.3, 0.4) is 0 Å². The number of fused-ring (bicyclic) bond motifs is 4. The molecule has 5 rings (SSSR count). The van der Waals surface area contributed by atoms with Crippen LogP contribution >= 0.6 is 11.6 Å². The van der Waals surface area contributed by atoms with Crippen molar-refractivity contribution >= 4 is 34.3 Å². The molecule has 0 radical (unpaired) electrons. The van der Waals surface area contributed by atoms with E-state index in [0.717, 1.165) is 38.6 Å². The van der Waals surface area contributed by atoms with Gasteiger partial charge in [-0.2, -0.15) is 0 Å². The molecule has 1 aliphatic carbocycles. The molecule has 0 N–H and O–H groups in total. The van der Waals surface area contributed by atoms with Crippen LogP contribution in [0.1, 0.15) is 36.1 Å². The number of carbonyl (C=O) groups is 2. The summed E-state index contributed by atoms with van der Waals surface area (Å²) in [5.41, 5.74) is 3.87. The van der Waals surface area contributed by atoms with E-state index < -0.39 is 17.4 Å². The number of hydrogen-bond donors (Lipinski definition) is 0. The number of benzene rings is 4. The summed E-state index contributed by atoms with van der Waals surface area (Å²) < 4.78 is 11.1. The lowest BCUT2D eigenvalue weighted by Crippen LogP contribution is -2.50. The minimum absolute atomic E-state index is 0.155. The highest BCUT2D eigenvalue weighted by Gasteiger charge is 2.54. The van der Waals surface area contributed by atoms with Crippen LogP contribution in [0.4, 0.5) is 0 Å². The lowest BCUT2D eigenvalue weighted by molar-refractivity contribution is -0.165. The second kappa shape index (κ2) is 9.79. The molecule has 0 heterocycles. The van der Waals surface area contributed by atoms with Crippen LogP contribution in [0.5, 0.6) is 0 Å². The zero-order valence-electron chi connectivity index (χ0n) is 20.3. The van der Waals surface area contributed by atoms with E-state index in [2.05, 4.69) is 18.2 Å². The van der Waals surface area contributed by atoms with Gasteiger partial charge in [-0.25, -0.2) is 0 Å². The first-order valence-corrected chi connectivity index (χ1v) is 12.6. The van der Waals surface area contributed by atoms with E-state index in [0.29, 0.717) is 17.0 Å². The smallest absolute Gasteiger partial charge is 0.328 e. The Labute approximate surface area is 215 Å². The second-order valence-corrected chi connectivity index (χ2v) is 9.36. The fourth-order valence-electron chi connectivity index (χ4n) is 5.34. The van der Waals surface area contributed by atoms with Gasteiger partial charge in [-0.3, -0.25) is 9.59 Å². The molecule has 0 atom stereocenters. The maximum atomic E-state index is 13.7. The van der Waals surface area contributed by atoms with Gasteiger partial charge in [0, 0.05) is 16.8 Å². The molecule has 4 aromatic rings. The summed E-state index contributed by atoms with van der Waals surface area (Å²) in [6.07, 6.45) is 0.769. The van der Waals surface area contributed by atoms with Crippen molar-refractivity contribution in [3.8, 4) is 11.1 Å². The van der Waals surface area contributed by atoms with Crippen molar-refractivity contribution in [2.45, 2.75) is 32.1 Å². The van der Waals surface area contributed by atoms with Crippen molar-refractivity contribution < 1.29 is 19.1 Å². The van der Waals surface area contributed by atoms with E-state index in [1.807, 2.05) is 60.7 Å². The third-order valence-electron chi connectivity index (χ3n) is 6.91. The van der Waals surface area contributed by atoms with Crippen LogP contribution in [0.15, 0.2) is 78.9 Å². The number of esters is 2. The molecule has 0 aromatic heterocycles. The van der Waals surface area contributed by atoms with E-state index in [1.54, 1.807) is 13.8 Å². The predicted molar refractivity (Wildman–Crippen MR) is 142 cm³/mol. The van der Waals surface area contributed by atoms with Crippen LogP contribution in [-0.4, -0.2) is 25.2 Å². The average Bonchev–Trinajstić information content (AvgIpc) is 2.89. The van der Waals surface area contributed by atoms with Crippen LogP contribution in [0.25, 0.3) is 21.9 Å². The Kier molecular flexibility index (Phi) is 6.55. The zero-order valence-corrected chi connectivity index (χ0v) is 21.1. The van der Waals surface area contributed by atoms with Gasteiger partial charge in [-0.1, -0.05) is 78.3 Å². The molecule has 182 valence electrons. The first-order chi connectivity index (χ1) is 17.5. The van der Waals surface area contributed by atoms with E-state index in [4.69, 9.17) is 21.1 Å². The van der Waals surface area contributed by atoms with Crippen molar-refractivity contribution in [3.05, 3.63) is 106 Å². The largest absolute Gasteiger partial charge is 0.465 e. The van der Waals surface area contributed by atoms with E-state index >= 15 is 0 Å². The minimum atomic E-state index is -1.63. The zero-order chi connectivity index (χ0) is 25.3. The molecule has 0 saturated heterocycles. The minimum Gasteiger partial charge on any atom is -0.465 e. The molecule has 1 aliphatic rings. The fraction of sp³-hybridized carbons (Fsp3) is 0.226. The quantitative estimate of drug-likeness (QED) is 0.220. The van der Waals surface area contributed by atoms with Crippen molar-refractivity contribution in [2.24, 2.45) is 0 Å². The maximum Gasteiger partial charge on any atom is 0.328 e. The predicted octanol–water partition coefficient (Wildman–Crippen LogP) is 6.67. The fourth-order valence-corrected chi connectivity index (χ4v) is 5.57. The molecule has 0 aliphatic heterocycles. The Morgan fingerprint density at radius 3 is 2.19 bits per heavy atom. The number of ether oxygens (including phenoxy) is 2. The highest BCUT2D eigenvalue weighted by molar-refractivity contribution is 6.36. The Morgan fingerprint density at radius 1 is 0.833 bits per heavy atom. The highest BCUT2D eigenvalue weighted by atomic mass is 35.5. The SMILES string of the molecule is CCOC(=O)C1(C(=O)OCC)Cc2ccccc2-c2c1cc1c(Cl)cccc1c2Cc1ccccc1. The van der Waals surface area contributed by atoms with Gasteiger partial charge in [0.1, 0.15) is 0 Å². The molecule has 0 amide bonds. The van der Waals surface area contributed by atoms with Gasteiger partial charge in [0.05, 0.1) is 13.2 Å². The lowest BCUT2D eigenvalue weighted by atomic mass is 9.65. The normalized spacial score (nSPS) is 13.5. The number of hydrogen-bond acceptors (Lipinski definition) is 4. The Hall–Kier alpha value is -3.63. The molecular formula is C31H27ClO4. The molecule has 0 fully saturated rings. The van der Waals surface area contributed by atoms with Gasteiger partial charge in [0.15, 0.2) is 5.41 Å². The topological polar surface area (TPSA) is 52.6 Å². The standard InChI is InChI=1S/C31H27ClO4/c1-3-35-29(33)31(30(34)36-4-2)19-21-13-8-9-14-22(21)28-25(17-20-11-6-5-7-12-20)23-15-10-16-27(32)24(23)18-26(28)31/h5-16,18H,3-4,17,19H2,1-2H3. The van der Waals surface area contributed by atoms with Gasteiger partial charge in [-0.15, -0.1) is 0 Å². The van der Waals surface area contributed by atoms with Crippen molar-refractivity contribution in [1.29, 1.82) is 0 Å². The first kappa shape index (κ1) is 24.1. The molecule has 0 saturated carbocycles. The summed E-state index contributed by atoms with van der Waals surface area (Å²) in [6.45, 7) is 3.80. The molecule has 0 spiro atoms. The van der Waals surface area contributed by atoms with Crippen LogP contribution < -0.4 is 0 Å². The summed E-state index contributed by atoms with van der Waals surface area (Å²) in [5.74, 6) is -1.20. The Bertz CT molecular complexity index is 1440. The van der Waals surface area contributed by atoms with Crippen molar-refractivity contribution in [3.63, 3.8) is 0 Å². The van der Waals surface area contributed by atoms with Gasteiger partial charge >= 0.3 is 11.9 Å². The van der Waals surface area contributed by atoms with E-state index in [9.17, 15) is 9.59 Å². The third-order valence-corrected chi connectivity index (χ3v) is 7.24. The number of carbonyl (C=O) groups excluding carboxylic acids is 2. The van der Waals surface area contributed by atoms with Crippen LogP contribution in [0, 0.1) is 0 Å². The second-order valence-electron chi connectivity index (χ2n) is 8.96. The number of rotatable bonds is 6. The van der Waals surface area contributed by atoms with Gasteiger partial charge < -0.3 is 9.47 Å². The molecular weight excluding hydrogens is 472 g/mol. The third kappa shape index (κ3) is 3.86. The summed E-state index contributed by atoms with van der Waals surface area (Å²) in [7, 11) is 0. The maximum absolute atomic E-state index is 13.7. The molecule has 36 heavy (non-hydrogen) atoms. The van der Waals surface area contributed by atoms with Crippen LogP contribution in [0.2, 0.25) is 5.02 Å². The van der Waals surface area contributed by atoms with Gasteiger partial charge in [-0.05, 0) is 71.2 Å². The monoisotopic (exact) mass is 498 g/mol. The Morgan fingerprint density at radius 2 is 1.50 bits per heavy atom. The van der Waals surface area contributed by atoms with Crippen LogP contribution in [-0.2, 0) is 37.3 Å². The van der Waals surface area contributed by atoms with E-state index in [1.165, 1.54) is 0 Å². The summed E-state index contributed by atoms with van der Waals surface area (Å²) >= 11 is 6.72.